The molecule has 8 heteroatoms. The number of furan rings is 1. The summed E-state index contributed by atoms with van der Waals surface area (Å²) in [4.78, 5) is 12.8. The van der Waals surface area contributed by atoms with Crippen LogP contribution >= 0.6 is 0 Å². The van der Waals surface area contributed by atoms with Crippen LogP contribution in [0.2, 0.25) is 0 Å². The van der Waals surface area contributed by atoms with Gasteiger partial charge in [-0.1, -0.05) is 30.3 Å². The van der Waals surface area contributed by atoms with Crippen LogP contribution in [0.3, 0.4) is 0 Å². The molecular formula is C25H23FN2O4S. The fourth-order valence-electron chi connectivity index (χ4n) is 4.33. The van der Waals surface area contributed by atoms with Crippen LogP contribution in [0.1, 0.15) is 18.4 Å². The standard InChI is InChI=1S/C25H23FN2O4S/c26-19-7-5-17(6-8-19)16-33(30,31)28-13-11-18(12-14-28)25(29)27-20-9-10-22-21-3-1-2-4-23(21)32-24(22)15-20/h1-10,15,18H,11-14,16H2,(H,27,29). The predicted octanol–water partition coefficient (Wildman–Crippen LogP) is 4.91. The second kappa shape index (κ2) is 8.61. The van der Waals surface area contributed by atoms with E-state index in [0.717, 1.165) is 16.4 Å². The third-order valence-electron chi connectivity index (χ3n) is 6.13. The van der Waals surface area contributed by atoms with Crippen LogP contribution in [-0.4, -0.2) is 31.7 Å². The van der Waals surface area contributed by atoms with Crippen LogP contribution in [0.15, 0.2) is 71.1 Å². The Hall–Kier alpha value is -3.23. The Morgan fingerprint density at radius 2 is 1.67 bits per heavy atom. The lowest BCUT2D eigenvalue weighted by atomic mass is 9.97. The summed E-state index contributed by atoms with van der Waals surface area (Å²) in [5.41, 5.74) is 2.69. The van der Waals surface area contributed by atoms with Crippen molar-refractivity contribution in [3.05, 3.63) is 78.1 Å². The molecule has 3 aromatic carbocycles. The number of para-hydroxylation sites is 1. The number of hydrogen-bond acceptors (Lipinski definition) is 4. The van der Waals surface area contributed by atoms with Gasteiger partial charge in [0.05, 0.1) is 5.75 Å². The van der Waals surface area contributed by atoms with E-state index in [9.17, 15) is 17.6 Å². The van der Waals surface area contributed by atoms with E-state index in [2.05, 4.69) is 5.32 Å². The van der Waals surface area contributed by atoms with Crippen LogP contribution in [0.5, 0.6) is 0 Å². The molecule has 1 N–H and O–H groups in total. The third kappa shape index (κ3) is 4.49. The number of piperidine rings is 1. The first-order valence-corrected chi connectivity index (χ1v) is 12.4. The first-order chi connectivity index (χ1) is 15.9. The van der Waals surface area contributed by atoms with Crippen molar-refractivity contribution in [1.29, 1.82) is 0 Å². The first-order valence-electron chi connectivity index (χ1n) is 10.8. The van der Waals surface area contributed by atoms with Crippen LogP contribution in [-0.2, 0) is 20.6 Å². The molecule has 0 radical (unpaired) electrons. The molecule has 2 heterocycles. The SMILES string of the molecule is O=C(Nc1ccc2c(c1)oc1ccccc12)C1CCN(S(=O)(=O)Cc2ccc(F)cc2)CC1. The van der Waals surface area contributed by atoms with E-state index in [-0.39, 0.29) is 30.7 Å². The van der Waals surface area contributed by atoms with E-state index < -0.39 is 15.8 Å². The Morgan fingerprint density at radius 1 is 0.970 bits per heavy atom. The number of carbonyl (C=O) groups excluding carboxylic acids is 1. The van der Waals surface area contributed by atoms with Gasteiger partial charge in [-0.25, -0.2) is 17.1 Å². The molecule has 1 aliphatic heterocycles. The zero-order chi connectivity index (χ0) is 23.0. The summed E-state index contributed by atoms with van der Waals surface area (Å²) in [5.74, 6) is -0.973. The normalized spacial score (nSPS) is 15.8. The highest BCUT2D eigenvalue weighted by atomic mass is 32.2. The molecule has 33 heavy (non-hydrogen) atoms. The molecule has 1 aromatic heterocycles. The molecule has 6 nitrogen and oxygen atoms in total. The van der Waals surface area contributed by atoms with Crippen molar-refractivity contribution in [2.24, 2.45) is 5.92 Å². The van der Waals surface area contributed by atoms with E-state index in [0.29, 0.717) is 29.7 Å². The lowest BCUT2D eigenvalue weighted by molar-refractivity contribution is -0.120. The minimum absolute atomic E-state index is 0.124. The summed E-state index contributed by atoms with van der Waals surface area (Å²) < 4.78 is 45.8. The average molecular weight is 467 g/mol. The number of benzene rings is 3. The van der Waals surface area contributed by atoms with Crippen LogP contribution in [0, 0.1) is 11.7 Å². The first kappa shape index (κ1) is 21.6. The number of hydrogen-bond donors (Lipinski definition) is 1. The summed E-state index contributed by atoms with van der Waals surface area (Å²) in [6, 6.07) is 18.8. The second-order valence-corrected chi connectivity index (χ2v) is 10.3. The summed E-state index contributed by atoms with van der Waals surface area (Å²) in [6.45, 7) is 0.564. The zero-order valence-electron chi connectivity index (χ0n) is 17.8. The van der Waals surface area contributed by atoms with Gasteiger partial charge < -0.3 is 9.73 Å². The van der Waals surface area contributed by atoms with E-state index in [1.54, 1.807) is 0 Å². The maximum atomic E-state index is 13.1. The molecule has 1 fully saturated rings. The molecule has 170 valence electrons. The molecule has 0 atom stereocenters. The van der Waals surface area contributed by atoms with Crippen molar-refractivity contribution in [2.45, 2.75) is 18.6 Å². The Kier molecular flexibility index (Phi) is 5.64. The quantitative estimate of drug-likeness (QED) is 0.453. The maximum Gasteiger partial charge on any atom is 0.227 e. The van der Waals surface area contributed by atoms with Gasteiger partial charge in [0.2, 0.25) is 15.9 Å². The van der Waals surface area contributed by atoms with E-state index >= 15 is 0 Å². The van der Waals surface area contributed by atoms with Gasteiger partial charge in [0.1, 0.15) is 17.0 Å². The topological polar surface area (TPSA) is 79.6 Å². The highest BCUT2D eigenvalue weighted by molar-refractivity contribution is 7.88. The van der Waals surface area contributed by atoms with Crippen molar-refractivity contribution >= 4 is 43.6 Å². The van der Waals surface area contributed by atoms with Gasteiger partial charge in [-0.15, -0.1) is 0 Å². The summed E-state index contributed by atoms with van der Waals surface area (Å²) in [7, 11) is -3.53. The van der Waals surface area contributed by atoms with E-state index in [1.165, 1.54) is 28.6 Å². The number of anilines is 1. The molecule has 0 spiro atoms. The number of sulfonamides is 1. The summed E-state index contributed by atoms with van der Waals surface area (Å²) in [5, 5.41) is 4.96. The van der Waals surface area contributed by atoms with Crippen LogP contribution in [0.25, 0.3) is 21.9 Å². The summed E-state index contributed by atoms with van der Waals surface area (Å²) >= 11 is 0. The molecule has 1 aliphatic rings. The molecule has 0 aliphatic carbocycles. The third-order valence-corrected chi connectivity index (χ3v) is 7.98. The number of fused-ring (bicyclic) bond motifs is 3. The Labute approximate surface area is 191 Å². The minimum atomic E-state index is -3.53. The molecule has 1 saturated heterocycles. The van der Waals surface area contributed by atoms with Gasteiger partial charge in [0, 0.05) is 41.5 Å². The van der Waals surface area contributed by atoms with Gasteiger partial charge in [-0.05, 0) is 48.7 Å². The van der Waals surface area contributed by atoms with Gasteiger partial charge in [-0.2, -0.15) is 0 Å². The fourth-order valence-corrected chi connectivity index (χ4v) is 5.89. The molecule has 4 aromatic rings. The monoisotopic (exact) mass is 466 g/mol. The number of nitrogens with zero attached hydrogens (tertiary/aromatic N) is 1. The molecule has 0 saturated carbocycles. The van der Waals surface area contributed by atoms with Gasteiger partial charge in [0.15, 0.2) is 0 Å². The molecule has 0 unspecified atom stereocenters. The van der Waals surface area contributed by atoms with Crippen molar-refractivity contribution in [1.82, 2.24) is 4.31 Å². The molecular weight excluding hydrogens is 443 g/mol. The Balaban J connectivity index is 1.21. The molecule has 1 amide bonds. The van der Waals surface area contributed by atoms with Gasteiger partial charge >= 0.3 is 0 Å². The van der Waals surface area contributed by atoms with Crippen molar-refractivity contribution in [3.8, 4) is 0 Å². The predicted molar refractivity (Wildman–Crippen MR) is 126 cm³/mol. The van der Waals surface area contributed by atoms with Crippen molar-refractivity contribution in [2.75, 3.05) is 18.4 Å². The maximum absolute atomic E-state index is 13.1. The lowest BCUT2D eigenvalue weighted by Gasteiger charge is -2.30. The van der Waals surface area contributed by atoms with Gasteiger partial charge in [-0.3, -0.25) is 4.79 Å². The number of halogens is 1. The van der Waals surface area contributed by atoms with E-state index in [4.69, 9.17) is 4.42 Å². The van der Waals surface area contributed by atoms with Crippen molar-refractivity contribution < 1.29 is 22.0 Å². The second-order valence-electron chi connectivity index (χ2n) is 8.35. The number of carbonyl (C=O) groups is 1. The van der Waals surface area contributed by atoms with Gasteiger partial charge in [0.25, 0.3) is 0 Å². The number of nitrogens with one attached hydrogen (secondary N) is 1. The zero-order valence-corrected chi connectivity index (χ0v) is 18.6. The summed E-state index contributed by atoms with van der Waals surface area (Å²) in [6.07, 6.45) is 0.892. The Morgan fingerprint density at radius 3 is 2.42 bits per heavy atom. The largest absolute Gasteiger partial charge is 0.456 e. The minimum Gasteiger partial charge on any atom is -0.456 e. The molecule has 0 bridgehead atoms. The highest BCUT2D eigenvalue weighted by Crippen LogP contribution is 2.31. The Bertz CT molecular complexity index is 1420. The molecule has 5 rings (SSSR count). The average Bonchev–Trinajstić information content (AvgIpc) is 3.18. The number of amides is 1. The fraction of sp³-hybridized carbons (Fsp3) is 0.240. The van der Waals surface area contributed by atoms with E-state index in [1.807, 2.05) is 42.5 Å². The van der Waals surface area contributed by atoms with Crippen molar-refractivity contribution in [3.63, 3.8) is 0 Å². The van der Waals surface area contributed by atoms with Crippen LogP contribution in [0.4, 0.5) is 10.1 Å². The number of rotatable bonds is 5. The lowest BCUT2D eigenvalue weighted by Crippen LogP contribution is -2.41. The smallest absolute Gasteiger partial charge is 0.227 e. The van der Waals surface area contributed by atoms with Crippen LogP contribution < -0.4 is 5.32 Å². The highest BCUT2D eigenvalue weighted by Gasteiger charge is 2.31.